The van der Waals surface area contributed by atoms with Gasteiger partial charge in [0.2, 0.25) is 0 Å². The van der Waals surface area contributed by atoms with E-state index in [2.05, 4.69) is 23.9 Å². The van der Waals surface area contributed by atoms with E-state index < -0.39 is 6.10 Å². The Balaban J connectivity index is 1.63. The number of nitrogens with zero attached hydrogens (tertiary/aromatic N) is 3. The minimum atomic E-state index is -0.430. The average Bonchev–Trinajstić information content (AvgIpc) is 2.91. The molecule has 4 aliphatic rings. The smallest absolute Gasteiger partial charge is 0.0639 e. The normalized spacial score (nSPS) is 55.3. The molecule has 8 atom stereocenters. The summed E-state index contributed by atoms with van der Waals surface area (Å²) in [5.41, 5.74) is 9.72. The van der Waals surface area contributed by atoms with Crippen LogP contribution in [0.25, 0.3) is 10.4 Å². The second-order valence-corrected chi connectivity index (χ2v) is 9.52. The van der Waals surface area contributed by atoms with Crippen LogP contribution in [0.15, 0.2) is 5.11 Å². The van der Waals surface area contributed by atoms with Gasteiger partial charge in [-0.15, -0.1) is 0 Å². The molecule has 0 aromatic rings. The Kier molecular flexibility index (Phi) is 3.70. The Labute approximate surface area is 139 Å². The van der Waals surface area contributed by atoms with Gasteiger partial charge < -0.3 is 5.11 Å². The molecule has 0 heterocycles. The van der Waals surface area contributed by atoms with E-state index in [1.165, 1.54) is 44.9 Å². The summed E-state index contributed by atoms with van der Waals surface area (Å²) in [5.74, 6) is 3.19. The summed E-state index contributed by atoms with van der Waals surface area (Å²) in [6.07, 6.45) is 11.0. The van der Waals surface area contributed by atoms with Crippen molar-refractivity contribution >= 4 is 0 Å². The molecule has 0 aromatic heterocycles. The van der Waals surface area contributed by atoms with E-state index in [0.717, 1.165) is 30.6 Å². The summed E-state index contributed by atoms with van der Waals surface area (Å²) in [6.45, 7) is 5.00. The van der Waals surface area contributed by atoms with E-state index in [1.807, 2.05) is 0 Å². The van der Waals surface area contributed by atoms with Crippen LogP contribution in [0, 0.1) is 34.5 Å². The SMILES string of the molecule is CC12CCCC1C1CCC3CC(O)C(N=[N+]=[N-])CC3(C)C1CC2. The molecule has 0 saturated heterocycles. The molecule has 8 unspecified atom stereocenters. The fraction of sp³-hybridized carbons (Fsp3) is 1.00. The standard InChI is InChI=1S/C19H31N3O/c1-18-8-3-4-14(18)13-6-5-12-10-17(23)16(21-22-20)11-19(12,2)15(13)7-9-18/h12-17,23H,3-11H2,1-2H3. The van der Waals surface area contributed by atoms with Gasteiger partial charge in [-0.05, 0) is 91.4 Å². The van der Waals surface area contributed by atoms with E-state index >= 15 is 0 Å². The molecule has 4 fully saturated rings. The van der Waals surface area contributed by atoms with Crippen LogP contribution in [0.3, 0.4) is 0 Å². The Morgan fingerprint density at radius 1 is 1.09 bits per heavy atom. The Morgan fingerprint density at radius 3 is 2.70 bits per heavy atom. The number of hydrogen-bond acceptors (Lipinski definition) is 2. The van der Waals surface area contributed by atoms with Crippen molar-refractivity contribution in [3.05, 3.63) is 10.4 Å². The molecule has 4 aliphatic carbocycles. The predicted molar refractivity (Wildman–Crippen MR) is 90.7 cm³/mol. The Bertz CT molecular complexity index is 531. The van der Waals surface area contributed by atoms with Crippen molar-refractivity contribution in [3.8, 4) is 0 Å². The molecule has 1 N–H and O–H groups in total. The zero-order valence-electron chi connectivity index (χ0n) is 14.6. The minimum Gasteiger partial charge on any atom is -0.393 e. The molecule has 0 bridgehead atoms. The van der Waals surface area contributed by atoms with Crippen molar-refractivity contribution in [1.29, 1.82) is 0 Å². The third-order valence-electron chi connectivity index (χ3n) is 8.67. The lowest BCUT2D eigenvalue weighted by atomic mass is 9.45. The Hall–Kier alpha value is -0.730. The summed E-state index contributed by atoms with van der Waals surface area (Å²) in [4.78, 5) is 3.01. The molecular formula is C19H31N3O. The van der Waals surface area contributed by atoms with E-state index in [4.69, 9.17) is 5.53 Å². The minimum absolute atomic E-state index is 0.211. The molecule has 128 valence electrons. The zero-order chi connectivity index (χ0) is 16.2. The van der Waals surface area contributed by atoms with Crippen LogP contribution in [-0.2, 0) is 0 Å². The van der Waals surface area contributed by atoms with Gasteiger partial charge in [0.05, 0.1) is 12.1 Å². The maximum absolute atomic E-state index is 10.4. The number of fused-ring (bicyclic) bond motifs is 5. The van der Waals surface area contributed by atoms with Crippen LogP contribution < -0.4 is 0 Å². The van der Waals surface area contributed by atoms with Crippen LogP contribution in [-0.4, -0.2) is 17.3 Å². The van der Waals surface area contributed by atoms with Crippen molar-refractivity contribution < 1.29 is 5.11 Å². The first-order chi connectivity index (χ1) is 11.0. The predicted octanol–water partition coefficient (Wildman–Crippen LogP) is 5.07. The number of hydrogen-bond donors (Lipinski definition) is 1. The quantitative estimate of drug-likeness (QED) is 0.409. The highest BCUT2D eigenvalue weighted by atomic mass is 16.3. The zero-order valence-corrected chi connectivity index (χ0v) is 14.6. The third kappa shape index (κ3) is 2.25. The van der Waals surface area contributed by atoms with Gasteiger partial charge in [0.25, 0.3) is 0 Å². The maximum Gasteiger partial charge on any atom is 0.0639 e. The van der Waals surface area contributed by atoms with E-state index in [9.17, 15) is 5.11 Å². The molecule has 0 amide bonds. The molecule has 4 saturated carbocycles. The van der Waals surface area contributed by atoms with Crippen molar-refractivity contribution in [2.24, 2.45) is 39.6 Å². The van der Waals surface area contributed by atoms with Crippen LogP contribution in [0.4, 0.5) is 0 Å². The van der Waals surface area contributed by atoms with Crippen LogP contribution in [0.2, 0.25) is 0 Å². The van der Waals surface area contributed by atoms with Crippen molar-refractivity contribution in [1.82, 2.24) is 0 Å². The largest absolute Gasteiger partial charge is 0.393 e. The topological polar surface area (TPSA) is 69.0 Å². The van der Waals surface area contributed by atoms with Crippen molar-refractivity contribution in [2.45, 2.75) is 83.8 Å². The van der Waals surface area contributed by atoms with E-state index in [1.54, 1.807) is 0 Å². The third-order valence-corrected chi connectivity index (χ3v) is 8.67. The second-order valence-electron chi connectivity index (χ2n) is 9.52. The summed E-state index contributed by atoms with van der Waals surface area (Å²) >= 11 is 0. The van der Waals surface area contributed by atoms with Gasteiger partial charge in [-0.2, -0.15) is 0 Å². The second kappa shape index (κ2) is 5.39. The van der Waals surface area contributed by atoms with Gasteiger partial charge in [0.1, 0.15) is 0 Å². The summed E-state index contributed by atoms with van der Waals surface area (Å²) < 4.78 is 0. The maximum atomic E-state index is 10.4. The molecule has 0 aromatic carbocycles. The highest BCUT2D eigenvalue weighted by molar-refractivity contribution is 5.09. The molecule has 4 nitrogen and oxygen atoms in total. The van der Waals surface area contributed by atoms with Crippen LogP contribution in [0.1, 0.15) is 71.6 Å². The molecule has 0 spiro atoms. The van der Waals surface area contributed by atoms with Gasteiger partial charge >= 0.3 is 0 Å². The fourth-order valence-electron chi connectivity index (χ4n) is 7.45. The first-order valence-corrected chi connectivity index (χ1v) is 9.70. The lowest BCUT2D eigenvalue weighted by Gasteiger charge is -2.61. The lowest BCUT2D eigenvalue weighted by molar-refractivity contribution is -0.126. The molecule has 0 aliphatic heterocycles. The average molecular weight is 317 g/mol. The van der Waals surface area contributed by atoms with Crippen molar-refractivity contribution in [2.75, 3.05) is 0 Å². The lowest BCUT2D eigenvalue weighted by Crippen LogP contribution is -2.55. The highest BCUT2D eigenvalue weighted by Gasteiger charge is 2.58. The van der Waals surface area contributed by atoms with Gasteiger partial charge in [0, 0.05) is 4.91 Å². The number of rotatable bonds is 1. The molecule has 4 heteroatoms. The molecule has 23 heavy (non-hydrogen) atoms. The van der Waals surface area contributed by atoms with E-state index in [0.29, 0.717) is 11.3 Å². The fourth-order valence-corrected chi connectivity index (χ4v) is 7.45. The van der Waals surface area contributed by atoms with Crippen LogP contribution >= 0.6 is 0 Å². The van der Waals surface area contributed by atoms with Crippen LogP contribution in [0.5, 0.6) is 0 Å². The molecular weight excluding hydrogens is 286 g/mol. The molecule has 4 rings (SSSR count). The summed E-state index contributed by atoms with van der Waals surface area (Å²) in [6, 6.07) is -0.211. The molecule has 0 radical (unpaired) electrons. The van der Waals surface area contributed by atoms with Gasteiger partial charge in [-0.25, -0.2) is 0 Å². The first kappa shape index (κ1) is 15.8. The van der Waals surface area contributed by atoms with E-state index in [-0.39, 0.29) is 11.5 Å². The highest BCUT2D eigenvalue weighted by Crippen LogP contribution is 2.66. The van der Waals surface area contributed by atoms with Crippen molar-refractivity contribution in [3.63, 3.8) is 0 Å². The number of aliphatic hydroxyl groups excluding tert-OH is 1. The monoisotopic (exact) mass is 317 g/mol. The Morgan fingerprint density at radius 2 is 1.91 bits per heavy atom. The van der Waals surface area contributed by atoms with Gasteiger partial charge in [0.15, 0.2) is 0 Å². The van der Waals surface area contributed by atoms with Gasteiger partial charge in [-0.1, -0.05) is 25.4 Å². The summed E-state index contributed by atoms with van der Waals surface area (Å²) in [5, 5.41) is 14.3. The van der Waals surface area contributed by atoms with Gasteiger partial charge in [-0.3, -0.25) is 0 Å². The summed E-state index contributed by atoms with van der Waals surface area (Å²) in [7, 11) is 0. The number of aliphatic hydroxyl groups is 1. The number of azide groups is 1. The first-order valence-electron chi connectivity index (χ1n) is 9.70.